The van der Waals surface area contributed by atoms with E-state index in [1.165, 1.54) is 12.4 Å². The van der Waals surface area contributed by atoms with Crippen molar-refractivity contribution in [1.29, 1.82) is 0 Å². The fourth-order valence-corrected chi connectivity index (χ4v) is 0.515. The Kier molecular flexibility index (Phi) is 8.16. The summed E-state index contributed by atoms with van der Waals surface area (Å²) >= 11 is 13.8. The molecule has 0 aromatic carbocycles. The first-order valence-corrected chi connectivity index (χ1v) is 8.29. The lowest BCUT2D eigenvalue weighted by atomic mass is 10.8. The molecule has 96 valence electrons. The second-order valence-electron chi connectivity index (χ2n) is 2.18. The maximum atomic E-state index is 9.82. The minimum atomic E-state index is -3.22. The third-order valence-corrected chi connectivity index (χ3v) is 0.956. The molecule has 0 fully saturated rings. The first kappa shape index (κ1) is 16.4. The quantitative estimate of drug-likeness (QED) is 0.638. The van der Waals surface area contributed by atoms with Gasteiger partial charge in [-0.25, -0.2) is 9.59 Å². The van der Waals surface area contributed by atoms with Crippen LogP contribution in [0.4, 0.5) is 9.59 Å². The zero-order chi connectivity index (χ0) is 13.3. The molecular weight excluding hydrogens is 317 g/mol. The summed E-state index contributed by atoms with van der Waals surface area (Å²) < 4.78 is 18.1. The topological polar surface area (TPSA) is 94.4 Å². The molecule has 2 amide bonds. The molecule has 0 aliphatic carbocycles. The molecular formula is C6H6Cl3N2O5P. The minimum absolute atomic E-state index is 0.346. The maximum Gasteiger partial charge on any atom is 0.433 e. The monoisotopic (exact) mass is 322 g/mol. The van der Waals surface area contributed by atoms with E-state index < -0.39 is 17.4 Å². The van der Waals surface area contributed by atoms with E-state index in [0.29, 0.717) is 13.2 Å². The van der Waals surface area contributed by atoms with E-state index in [1.807, 2.05) is 0 Å². The Hall–Kier alpha value is -0.620. The lowest BCUT2D eigenvalue weighted by Crippen LogP contribution is -1.87. The second kappa shape index (κ2) is 8.47. The van der Waals surface area contributed by atoms with E-state index in [0.717, 1.165) is 0 Å². The van der Waals surface area contributed by atoms with Crippen molar-refractivity contribution in [3.63, 3.8) is 0 Å². The average molecular weight is 323 g/mol. The summed E-state index contributed by atoms with van der Waals surface area (Å²) in [6.07, 6.45) is 1.91. The van der Waals surface area contributed by atoms with E-state index in [4.69, 9.17) is 0 Å². The van der Waals surface area contributed by atoms with Crippen molar-refractivity contribution in [2.75, 3.05) is 13.2 Å². The van der Waals surface area contributed by atoms with Crippen LogP contribution in [-0.4, -0.2) is 37.8 Å². The van der Waals surface area contributed by atoms with Crippen molar-refractivity contribution < 1.29 is 23.6 Å². The van der Waals surface area contributed by atoms with E-state index >= 15 is 0 Å². The van der Waals surface area contributed by atoms with Crippen LogP contribution in [0.5, 0.6) is 0 Å². The number of halogens is 3. The molecule has 2 aliphatic heterocycles. The van der Waals surface area contributed by atoms with Gasteiger partial charge in [0.1, 0.15) is 13.2 Å². The number of amides is 2. The Balaban J connectivity index is 0.000000228. The number of ether oxygens (including phenoxy) is 2. The number of hydrogen-bond donors (Lipinski definition) is 0. The van der Waals surface area contributed by atoms with Gasteiger partial charge in [0.2, 0.25) is 0 Å². The molecule has 0 N–H and O–H groups in total. The number of carbonyl (C=O) groups excluding carboxylic acids is 2. The molecule has 11 heteroatoms. The van der Waals surface area contributed by atoms with E-state index in [1.54, 1.807) is 0 Å². The number of cyclic esters (lactones) is 2. The zero-order valence-corrected chi connectivity index (χ0v) is 11.2. The number of hydrogen-bond acceptors (Lipinski definition) is 5. The van der Waals surface area contributed by atoms with Crippen LogP contribution in [-0.2, 0) is 14.0 Å². The highest BCUT2D eigenvalue weighted by atomic mass is 36.0. The molecule has 17 heavy (non-hydrogen) atoms. The molecule has 2 aliphatic rings. The molecule has 0 bridgehead atoms. The van der Waals surface area contributed by atoms with Crippen LogP contribution >= 0.6 is 38.9 Å². The molecule has 2 heterocycles. The summed E-state index contributed by atoms with van der Waals surface area (Å²) in [7, 11) is 0. The van der Waals surface area contributed by atoms with E-state index in [-0.39, 0.29) is 0 Å². The van der Waals surface area contributed by atoms with Gasteiger partial charge in [-0.1, -0.05) is 0 Å². The van der Waals surface area contributed by atoms with Gasteiger partial charge in [0, 0.05) is 12.4 Å². The first-order chi connectivity index (χ1) is 7.79. The molecule has 0 unspecified atom stereocenters. The van der Waals surface area contributed by atoms with Gasteiger partial charge in [-0.15, -0.1) is 0 Å². The molecule has 0 aromatic heterocycles. The molecule has 0 saturated carbocycles. The van der Waals surface area contributed by atoms with Gasteiger partial charge in [-0.2, -0.15) is 9.98 Å². The molecule has 0 saturated heterocycles. The van der Waals surface area contributed by atoms with E-state index in [2.05, 4.69) is 53.2 Å². The number of rotatable bonds is 0. The molecule has 0 atom stereocenters. The van der Waals surface area contributed by atoms with Crippen LogP contribution < -0.4 is 0 Å². The van der Waals surface area contributed by atoms with Gasteiger partial charge in [-0.05, 0) is 33.7 Å². The standard InChI is InChI=1S/2C3H3NO2.Cl3OP/c2*5-3-4-1-2-6-3;1-5(2,3)4/h2*1H,2H2;. The van der Waals surface area contributed by atoms with Crippen molar-refractivity contribution in [3.8, 4) is 0 Å². The smallest absolute Gasteiger partial charge is 0.433 e. The van der Waals surface area contributed by atoms with Crippen molar-refractivity contribution >= 4 is 63.5 Å². The summed E-state index contributed by atoms with van der Waals surface area (Å²) in [4.78, 5) is 26.1. The van der Waals surface area contributed by atoms with Crippen LogP contribution in [0.1, 0.15) is 0 Å². The second-order valence-corrected chi connectivity index (χ2v) is 8.82. The highest BCUT2D eigenvalue weighted by Gasteiger charge is 2.03. The zero-order valence-electron chi connectivity index (χ0n) is 8.09. The highest BCUT2D eigenvalue weighted by molar-refractivity contribution is 8.24. The van der Waals surface area contributed by atoms with Crippen molar-refractivity contribution in [2.24, 2.45) is 9.98 Å². The lowest BCUT2D eigenvalue weighted by molar-refractivity contribution is 0.180. The highest BCUT2D eigenvalue weighted by Crippen LogP contribution is 2.61. The Morgan fingerprint density at radius 3 is 1.35 bits per heavy atom. The molecule has 7 nitrogen and oxygen atoms in total. The predicted molar refractivity (Wildman–Crippen MR) is 64.8 cm³/mol. The molecule has 0 spiro atoms. The van der Waals surface area contributed by atoms with Gasteiger partial charge >= 0.3 is 17.4 Å². The molecule has 0 aromatic rings. The fourth-order valence-electron chi connectivity index (χ4n) is 0.515. The van der Waals surface area contributed by atoms with Crippen LogP contribution in [0.2, 0.25) is 0 Å². The lowest BCUT2D eigenvalue weighted by Gasteiger charge is -1.78. The normalized spacial score (nSPS) is 16.4. The summed E-state index contributed by atoms with van der Waals surface area (Å²) in [5.74, 6) is 0. The molecule has 0 radical (unpaired) electrons. The first-order valence-electron chi connectivity index (χ1n) is 3.86. The predicted octanol–water partition coefficient (Wildman–Crippen LogP) is 3.23. The minimum Gasteiger partial charge on any atom is -0.442 e. The van der Waals surface area contributed by atoms with Gasteiger partial charge in [0.05, 0.1) is 0 Å². The van der Waals surface area contributed by atoms with Gasteiger partial charge < -0.3 is 9.47 Å². The Morgan fingerprint density at radius 1 is 1.00 bits per heavy atom. The van der Waals surface area contributed by atoms with Crippen LogP contribution in [0, 0.1) is 0 Å². The van der Waals surface area contributed by atoms with Crippen molar-refractivity contribution in [1.82, 2.24) is 0 Å². The average Bonchev–Trinajstić information content (AvgIpc) is 2.76. The van der Waals surface area contributed by atoms with Gasteiger partial charge in [0.25, 0.3) is 0 Å². The largest absolute Gasteiger partial charge is 0.442 e. The SMILES string of the molecule is O=C1N=CCO1.O=C1N=CCO1.O=P(Cl)(Cl)Cl. The van der Waals surface area contributed by atoms with Gasteiger partial charge in [-0.3, -0.25) is 4.57 Å². The Bertz CT molecular complexity index is 346. The number of carbonyl (C=O) groups is 2. The number of aliphatic imine (C=N–C) groups is 2. The third kappa shape index (κ3) is 15.4. The number of nitrogens with zero attached hydrogens (tertiary/aromatic N) is 2. The van der Waals surface area contributed by atoms with Gasteiger partial charge in [0.15, 0.2) is 0 Å². The summed E-state index contributed by atoms with van der Waals surface area (Å²) in [5, 5.41) is -3.22. The van der Waals surface area contributed by atoms with E-state index in [9.17, 15) is 14.2 Å². The van der Waals surface area contributed by atoms with Crippen molar-refractivity contribution in [3.05, 3.63) is 0 Å². The van der Waals surface area contributed by atoms with Crippen LogP contribution in [0.15, 0.2) is 9.98 Å². The Morgan fingerprint density at radius 2 is 1.29 bits per heavy atom. The third-order valence-electron chi connectivity index (χ3n) is 0.956. The fraction of sp³-hybridized carbons (Fsp3) is 0.333. The summed E-state index contributed by atoms with van der Waals surface area (Å²) in [5.41, 5.74) is 0. The maximum absolute atomic E-state index is 9.82. The van der Waals surface area contributed by atoms with Crippen LogP contribution in [0.25, 0.3) is 0 Å². The van der Waals surface area contributed by atoms with Crippen molar-refractivity contribution in [2.45, 2.75) is 0 Å². The summed E-state index contributed by atoms with van der Waals surface area (Å²) in [6, 6.07) is 0. The van der Waals surface area contributed by atoms with Crippen LogP contribution in [0.3, 0.4) is 0 Å². The summed E-state index contributed by atoms with van der Waals surface area (Å²) in [6.45, 7) is 0.692. The molecule has 2 rings (SSSR count). The Labute approximate surface area is 110 Å².